The van der Waals surface area contributed by atoms with Crippen LogP contribution in [0.1, 0.15) is 25.0 Å². The van der Waals surface area contributed by atoms with E-state index in [1.54, 1.807) is 0 Å². The van der Waals surface area contributed by atoms with Crippen LogP contribution >= 0.6 is 0 Å². The molecule has 0 fully saturated rings. The van der Waals surface area contributed by atoms with Crippen molar-refractivity contribution >= 4 is 77.4 Å². The minimum atomic E-state index is -0.0604. The van der Waals surface area contributed by atoms with Crippen LogP contribution in [0.25, 0.3) is 85.4 Å². The zero-order chi connectivity index (χ0) is 31.7. The molecule has 48 heavy (non-hydrogen) atoms. The van der Waals surface area contributed by atoms with Gasteiger partial charge in [0.1, 0.15) is 0 Å². The Bertz CT molecular complexity index is 2980. The first-order valence-corrected chi connectivity index (χ1v) is 18.4. The molecule has 11 rings (SSSR count). The first-order chi connectivity index (χ1) is 23.6. The molecule has 0 amide bonds. The van der Waals surface area contributed by atoms with Gasteiger partial charge >= 0.3 is 236 Å². The van der Waals surface area contributed by atoms with Crippen LogP contribution in [-0.2, 0) is 5.41 Å². The van der Waals surface area contributed by atoms with Crippen molar-refractivity contribution in [3.63, 3.8) is 0 Å². The van der Waals surface area contributed by atoms with E-state index >= 15 is 0 Å². The van der Waals surface area contributed by atoms with Gasteiger partial charge in [0.25, 0.3) is 0 Å². The van der Waals surface area contributed by atoms with Crippen molar-refractivity contribution in [1.29, 1.82) is 0 Å². The predicted molar refractivity (Wildman–Crippen MR) is 205 cm³/mol. The van der Waals surface area contributed by atoms with Crippen LogP contribution in [0.5, 0.6) is 0 Å². The summed E-state index contributed by atoms with van der Waals surface area (Å²) in [5, 5.41) is 7.94. The molecule has 0 aliphatic heterocycles. The third kappa shape index (κ3) is 3.42. The number of nitrogens with zero attached hydrogens (tertiary/aromatic N) is 2. The number of hydrogen-bond donors (Lipinski definition) is 0. The predicted octanol–water partition coefficient (Wildman–Crippen LogP) is 11.6. The standard InChI is InChI=1S/C45H30N2Se/c1-45(2)37-15-7-3-11-29(37)30-21-19-27(23-38(30)45)46-39-16-8-4-12-31(39)35-25-36-32-13-5-9-17-40(32)47(42(36)26-41(35)46)28-20-22-34-33-14-6-10-18-43(33)48-44(34)24-28/h3-26H,1-2H3. The molecule has 0 saturated carbocycles. The van der Waals surface area contributed by atoms with E-state index in [4.69, 9.17) is 0 Å². The topological polar surface area (TPSA) is 9.86 Å². The van der Waals surface area contributed by atoms with Gasteiger partial charge in [0.05, 0.1) is 0 Å². The molecule has 10 aromatic rings. The SMILES string of the molecule is CC1(C)c2ccccc2-c2ccc(-n3c4ccccc4c4cc5c6ccccc6n(-c6ccc7c(c6)[se]c6ccccc67)c5cc43)cc21. The number of hydrogen-bond acceptors (Lipinski definition) is 0. The minimum absolute atomic E-state index is 0.0604. The summed E-state index contributed by atoms with van der Waals surface area (Å²) in [5.74, 6) is 0. The van der Waals surface area contributed by atoms with Crippen molar-refractivity contribution in [3.05, 3.63) is 157 Å². The van der Waals surface area contributed by atoms with Crippen LogP contribution < -0.4 is 0 Å². The van der Waals surface area contributed by atoms with Crippen molar-refractivity contribution in [1.82, 2.24) is 9.13 Å². The van der Waals surface area contributed by atoms with Crippen molar-refractivity contribution in [2.75, 3.05) is 0 Å². The van der Waals surface area contributed by atoms with Crippen molar-refractivity contribution in [3.8, 4) is 22.5 Å². The summed E-state index contributed by atoms with van der Waals surface area (Å²) in [6.07, 6.45) is 0. The molecule has 0 saturated heterocycles. The van der Waals surface area contributed by atoms with Gasteiger partial charge in [-0.25, -0.2) is 0 Å². The van der Waals surface area contributed by atoms with Crippen LogP contribution in [0.2, 0.25) is 0 Å². The summed E-state index contributed by atoms with van der Waals surface area (Å²) >= 11 is 0.307. The second kappa shape index (κ2) is 9.39. The zero-order valence-electron chi connectivity index (χ0n) is 26.7. The maximum atomic E-state index is 2.49. The monoisotopic (exact) mass is 678 g/mol. The molecule has 3 heterocycles. The molecule has 0 spiro atoms. The van der Waals surface area contributed by atoms with Crippen molar-refractivity contribution < 1.29 is 0 Å². The summed E-state index contributed by atoms with van der Waals surface area (Å²) < 4.78 is 7.93. The van der Waals surface area contributed by atoms with Gasteiger partial charge in [-0.05, 0) is 11.1 Å². The first kappa shape index (κ1) is 26.7. The molecular weight excluding hydrogens is 647 g/mol. The summed E-state index contributed by atoms with van der Waals surface area (Å²) in [6, 6.07) is 54.7. The Morgan fingerprint density at radius 3 is 1.71 bits per heavy atom. The second-order valence-corrected chi connectivity index (χ2v) is 16.0. The molecule has 2 nitrogen and oxygen atoms in total. The van der Waals surface area contributed by atoms with E-state index in [1.807, 2.05) is 0 Å². The fourth-order valence-corrected chi connectivity index (χ4v) is 11.1. The van der Waals surface area contributed by atoms with E-state index in [-0.39, 0.29) is 5.41 Å². The fourth-order valence-electron chi connectivity index (χ4n) is 8.67. The quantitative estimate of drug-likeness (QED) is 0.161. The summed E-state index contributed by atoms with van der Waals surface area (Å²) in [6.45, 7) is 4.73. The number of benzene rings is 7. The fraction of sp³-hybridized carbons (Fsp3) is 0.0667. The van der Waals surface area contributed by atoms with Gasteiger partial charge in [0, 0.05) is 0 Å². The van der Waals surface area contributed by atoms with Gasteiger partial charge < -0.3 is 0 Å². The molecule has 3 aromatic heterocycles. The average molecular weight is 678 g/mol. The van der Waals surface area contributed by atoms with Crippen LogP contribution in [-0.4, -0.2) is 23.6 Å². The normalized spacial score (nSPS) is 13.8. The van der Waals surface area contributed by atoms with Gasteiger partial charge in [-0.2, -0.15) is 0 Å². The molecule has 1 aliphatic rings. The van der Waals surface area contributed by atoms with Crippen LogP contribution in [0.4, 0.5) is 0 Å². The van der Waals surface area contributed by atoms with Gasteiger partial charge in [0.15, 0.2) is 0 Å². The molecule has 0 bridgehead atoms. The van der Waals surface area contributed by atoms with E-state index < -0.39 is 0 Å². The maximum absolute atomic E-state index is 2.49. The van der Waals surface area contributed by atoms with Gasteiger partial charge in [0.2, 0.25) is 0 Å². The van der Waals surface area contributed by atoms with E-state index in [0.29, 0.717) is 14.5 Å². The van der Waals surface area contributed by atoms with E-state index in [1.165, 1.54) is 96.5 Å². The zero-order valence-corrected chi connectivity index (χ0v) is 28.4. The molecule has 1 aliphatic carbocycles. The van der Waals surface area contributed by atoms with Crippen molar-refractivity contribution in [2.24, 2.45) is 0 Å². The molecule has 3 heteroatoms. The Hall–Kier alpha value is -5.34. The molecule has 0 radical (unpaired) electrons. The van der Waals surface area contributed by atoms with Gasteiger partial charge in [-0.1, -0.05) is 38.1 Å². The average Bonchev–Trinajstić information content (AvgIpc) is 3.82. The van der Waals surface area contributed by atoms with Crippen LogP contribution in [0, 0.1) is 0 Å². The summed E-state index contributed by atoms with van der Waals surface area (Å²) in [4.78, 5) is 0. The number of para-hydroxylation sites is 2. The Morgan fingerprint density at radius 2 is 0.958 bits per heavy atom. The Balaban J connectivity index is 1.21. The summed E-state index contributed by atoms with van der Waals surface area (Å²) in [5.41, 5.74) is 12.8. The Kier molecular flexibility index (Phi) is 5.22. The Labute approximate surface area is 283 Å². The van der Waals surface area contributed by atoms with E-state index in [2.05, 4.69) is 169 Å². The van der Waals surface area contributed by atoms with Gasteiger partial charge in [-0.3, -0.25) is 0 Å². The number of fused-ring (bicyclic) bond motifs is 12. The second-order valence-electron chi connectivity index (χ2n) is 13.8. The van der Waals surface area contributed by atoms with Crippen LogP contribution in [0.15, 0.2) is 146 Å². The first-order valence-electron chi connectivity index (χ1n) is 16.7. The number of rotatable bonds is 2. The van der Waals surface area contributed by atoms with E-state index in [9.17, 15) is 0 Å². The summed E-state index contributed by atoms with van der Waals surface area (Å²) in [7, 11) is 0. The molecular formula is C45H30N2Se. The van der Waals surface area contributed by atoms with Crippen molar-refractivity contribution in [2.45, 2.75) is 19.3 Å². The molecule has 0 atom stereocenters. The molecule has 7 aromatic carbocycles. The van der Waals surface area contributed by atoms with E-state index in [0.717, 1.165) is 0 Å². The number of aromatic nitrogens is 2. The molecule has 226 valence electrons. The molecule has 0 N–H and O–H groups in total. The molecule has 0 unspecified atom stereocenters. The van der Waals surface area contributed by atoms with Gasteiger partial charge in [-0.15, -0.1) is 0 Å². The third-order valence-corrected chi connectivity index (χ3v) is 13.3. The Morgan fingerprint density at radius 1 is 0.396 bits per heavy atom. The van der Waals surface area contributed by atoms with Crippen LogP contribution in [0.3, 0.4) is 0 Å². The third-order valence-electron chi connectivity index (χ3n) is 10.9.